The van der Waals surface area contributed by atoms with Crippen molar-refractivity contribution in [2.24, 2.45) is 17.6 Å². The van der Waals surface area contributed by atoms with Gasteiger partial charge in [-0.2, -0.15) is 0 Å². The molecule has 2 saturated carbocycles. The average molecular weight is 141 g/mol. The molecule has 0 saturated heterocycles. The van der Waals surface area contributed by atoms with Crippen LogP contribution in [0.15, 0.2) is 0 Å². The monoisotopic (exact) mass is 141 g/mol. The molecule has 0 aromatic rings. The van der Waals surface area contributed by atoms with Crippen LogP contribution in [-0.4, -0.2) is 17.3 Å². The van der Waals surface area contributed by atoms with Crippen LogP contribution in [0.5, 0.6) is 0 Å². The van der Waals surface area contributed by atoms with Crippen molar-refractivity contribution in [3.05, 3.63) is 0 Å². The van der Waals surface area contributed by atoms with E-state index in [-0.39, 0.29) is 6.10 Å². The van der Waals surface area contributed by atoms with E-state index < -0.39 is 0 Å². The van der Waals surface area contributed by atoms with E-state index in [1.54, 1.807) is 0 Å². The smallest absolute Gasteiger partial charge is 0.0546 e. The molecule has 2 fully saturated rings. The van der Waals surface area contributed by atoms with Crippen molar-refractivity contribution in [1.29, 1.82) is 0 Å². The molecule has 0 spiro atoms. The van der Waals surface area contributed by atoms with E-state index in [4.69, 9.17) is 5.73 Å². The minimum Gasteiger partial charge on any atom is -0.393 e. The third-order valence-electron chi connectivity index (χ3n) is 3.15. The predicted octanol–water partition coefficient (Wildman–Crippen LogP) is 0.495. The molecule has 2 bridgehead atoms. The van der Waals surface area contributed by atoms with Gasteiger partial charge in [-0.3, -0.25) is 0 Å². The lowest BCUT2D eigenvalue weighted by molar-refractivity contribution is 0.0850. The number of nitrogens with two attached hydrogens (primary N) is 1. The highest BCUT2D eigenvalue weighted by molar-refractivity contribution is 4.94. The van der Waals surface area contributed by atoms with Gasteiger partial charge in [0.25, 0.3) is 0 Å². The Balaban J connectivity index is 2.09. The zero-order chi connectivity index (χ0) is 7.14. The molecular formula is C8H15NO. The summed E-state index contributed by atoms with van der Waals surface area (Å²) in [6.07, 6.45) is 4.37. The van der Waals surface area contributed by atoms with Gasteiger partial charge in [0.05, 0.1) is 6.10 Å². The van der Waals surface area contributed by atoms with E-state index in [9.17, 15) is 5.11 Å². The maximum absolute atomic E-state index is 9.35. The van der Waals surface area contributed by atoms with Crippen LogP contribution in [0.4, 0.5) is 0 Å². The minimum atomic E-state index is -0.0442. The molecule has 0 radical (unpaired) electrons. The van der Waals surface area contributed by atoms with Gasteiger partial charge in [0.15, 0.2) is 0 Å². The first-order chi connectivity index (χ1) is 4.77. The number of fused-ring (bicyclic) bond motifs is 2. The quantitative estimate of drug-likeness (QED) is 0.516. The molecule has 2 unspecified atom stereocenters. The average Bonchev–Trinajstić information content (AvgIpc) is 2.20. The summed E-state index contributed by atoms with van der Waals surface area (Å²) in [6.45, 7) is 0. The zero-order valence-electron chi connectivity index (χ0n) is 6.16. The number of hydrogen-bond acceptors (Lipinski definition) is 2. The summed E-state index contributed by atoms with van der Waals surface area (Å²) >= 11 is 0. The minimum absolute atomic E-state index is 0.0442. The first-order valence-corrected chi connectivity index (χ1v) is 4.21. The van der Waals surface area contributed by atoms with Gasteiger partial charge in [-0.25, -0.2) is 0 Å². The lowest BCUT2D eigenvalue weighted by atomic mass is 9.83. The van der Waals surface area contributed by atoms with Gasteiger partial charge in [0.1, 0.15) is 0 Å². The van der Waals surface area contributed by atoms with Crippen molar-refractivity contribution in [2.45, 2.75) is 37.8 Å². The standard InChI is InChI=1S/C8H15NO/c9-8-5-1-2-6(8)4-7(10)3-5/h5-8,10H,1-4,9H2. The second-order valence-corrected chi connectivity index (χ2v) is 3.80. The Morgan fingerprint density at radius 2 is 1.60 bits per heavy atom. The molecule has 2 heteroatoms. The van der Waals surface area contributed by atoms with Crippen LogP contribution in [-0.2, 0) is 0 Å². The summed E-state index contributed by atoms with van der Waals surface area (Å²) in [5.74, 6) is 1.27. The fourth-order valence-electron chi connectivity index (χ4n) is 2.54. The van der Waals surface area contributed by atoms with Gasteiger partial charge in [-0.15, -0.1) is 0 Å². The van der Waals surface area contributed by atoms with Crippen LogP contribution in [0.1, 0.15) is 25.7 Å². The van der Waals surface area contributed by atoms with Crippen molar-refractivity contribution in [3.63, 3.8) is 0 Å². The molecule has 2 atom stereocenters. The van der Waals surface area contributed by atoms with Crippen LogP contribution in [0.25, 0.3) is 0 Å². The lowest BCUT2D eigenvalue weighted by Crippen LogP contribution is -2.39. The third kappa shape index (κ3) is 0.867. The fourth-order valence-corrected chi connectivity index (χ4v) is 2.54. The molecule has 0 heterocycles. The normalized spacial score (nSPS) is 53.4. The van der Waals surface area contributed by atoms with Crippen molar-refractivity contribution in [2.75, 3.05) is 0 Å². The Hall–Kier alpha value is -0.0800. The molecule has 3 N–H and O–H groups in total. The number of rotatable bonds is 0. The van der Waals surface area contributed by atoms with Gasteiger partial charge in [0.2, 0.25) is 0 Å². The first kappa shape index (κ1) is 6.62. The Bertz CT molecular complexity index is 123. The highest BCUT2D eigenvalue weighted by atomic mass is 16.3. The zero-order valence-corrected chi connectivity index (χ0v) is 6.16. The highest BCUT2D eigenvalue weighted by Gasteiger charge is 2.39. The van der Waals surface area contributed by atoms with Gasteiger partial charge in [-0.1, -0.05) is 0 Å². The highest BCUT2D eigenvalue weighted by Crippen LogP contribution is 2.40. The summed E-state index contributed by atoms with van der Waals surface area (Å²) in [4.78, 5) is 0. The summed E-state index contributed by atoms with van der Waals surface area (Å²) in [6, 6.07) is 0.406. The first-order valence-electron chi connectivity index (χ1n) is 4.21. The van der Waals surface area contributed by atoms with Gasteiger partial charge in [-0.05, 0) is 37.5 Å². The largest absolute Gasteiger partial charge is 0.393 e. The molecule has 2 nitrogen and oxygen atoms in total. The summed E-state index contributed by atoms with van der Waals surface area (Å²) in [5.41, 5.74) is 5.94. The molecule has 0 aromatic carbocycles. The molecule has 2 rings (SSSR count). The van der Waals surface area contributed by atoms with E-state index in [0.29, 0.717) is 17.9 Å². The topological polar surface area (TPSA) is 46.2 Å². The molecule has 58 valence electrons. The number of aliphatic hydroxyl groups excluding tert-OH is 1. The van der Waals surface area contributed by atoms with Crippen molar-refractivity contribution >= 4 is 0 Å². The Morgan fingerprint density at radius 3 is 2.10 bits per heavy atom. The molecule has 10 heavy (non-hydrogen) atoms. The van der Waals surface area contributed by atoms with Crippen molar-refractivity contribution in [3.8, 4) is 0 Å². The van der Waals surface area contributed by atoms with Crippen LogP contribution in [0.3, 0.4) is 0 Å². The molecular weight excluding hydrogens is 126 g/mol. The van der Waals surface area contributed by atoms with Crippen molar-refractivity contribution < 1.29 is 5.11 Å². The van der Waals surface area contributed by atoms with Gasteiger partial charge < -0.3 is 10.8 Å². The van der Waals surface area contributed by atoms with Crippen molar-refractivity contribution in [1.82, 2.24) is 0 Å². The van der Waals surface area contributed by atoms with Crippen LogP contribution >= 0.6 is 0 Å². The molecule has 0 aromatic heterocycles. The molecule has 0 aliphatic heterocycles. The SMILES string of the molecule is NC1C2CCC1CC(O)C2. The van der Waals surface area contributed by atoms with E-state index in [1.807, 2.05) is 0 Å². The molecule has 2 aliphatic carbocycles. The van der Waals surface area contributed by atoms with Crippen LogP contribution in [0.2, 0.25) is 0 Å². The Morgan fingerprint density at radius 1 is 1.10 bits per heavy atom. The molecule has 2 aliphatic rings. The Kier molecular flexibility index (Phi) is 1.46. The Labute approximate surface area is 61.4 Å². The number of aliphatic hydroxyl groups is 1. The van der Waals surface area contributed by atoms with E-state index >= 15 is 0 Å². The second kappa shape index (κ2) is 2.21. The van der Waals surface area contributed by atoms with Crippen LogP contribution < -0.4 is 5.73 Å². The van der Waals surface area contributed by atoms with Gasteiger partial charge >= 0.3 is 0 Å². The van der Waals surface area contributed by atoms with E-state index in [2.05, 4.69) is 0 Å². The second-order valence-electron chi connectivity index (χ2n) is 3.80. The predicted molar refractivity (Wildman–Crippen MR) is 39.4 cm³/mol. The molecule has 0 amide bonds. The maximum Gasteiger partial charge on any atom is 0.0546 e. The maximum atomic E-state index is 9.35. The third-order valence-corrected chi connectivity index (χ3v) is 3.15. The van der Waals surface area contributed by atoms with Crippen LogP contribution in [0, 0.1) is 11.8 Å². The summed E-state index contributed by atoms with van der Waals surface area (Å²) in [7, 11) is 0. The summed E-state index contributed by atoms with van der Waals surface area (Å²) in [5, 5.41) is 9.35. The summed E-state index contributed by atoms with van der Waals surface area (Å²) < 4.78 is 0. The number of hydrogen-bond donors (Lipinski definition) is 2. The fraction of sp³-hybridized carbons (Fsp3) is 1.00. The van der Waals surface area contributed by atoms with E-state index in [0.717, 1.165) is 12.8 Å². The van der Waals surface area contributed by atoms with E-state index in [1.165, 1.54) is 12.8 Å². The van der Waals surface area contributed by atoms with Gasteiger partial charge in [0, 0.05) is 6.04 Å². The lowest BCUT2D eigenvalue weighted by Gasteiger charge is -2.29.